The second-order valence-electron chi connectivity index (χ2n) is 6.88. The number of alkyl halides is 3. The molecule has 0 saturated carbocycles. The van der Waals surface area contributed by atoms with Crippen molar-refractivity contribution in [1.82, 2.24) is 4.90 Å². The highest BCUT2D eigenvalue weighted by molar-refractivity contribution is 6.33. The van der Waals surface area contributed by atoms with Crippen LogP contribution in [0, 0.1) is 11.7 Å². The summed E-state index contributed by atoms with van der Waals surface area (Å²) in [6.07, 6.45) is -3.08. The van der Waals surface area contributed by atoms with Crippen LogP contribution in [0.2, 0.25) is 5.02 Å². The standard InChI is InChI=1S/C20H19ClF4N2O/c21-17-8-5-15(20(23,24)25)10-18(17)26-19(28)14-2-1-9-27(12-14)11-13-3-6-16(22)7-4-13/h3-8,10,14H,1-2,9,11-12H2,(H,26,28). The van der Waals surface area contributed by atoms with Crippen LogP contribution < -0.4 is 5.32 Å². The smallest absolute Gasteiger partial charge is 0.324 e. The van der Waals surface area contributed by atoms with Gasteiger partial charge in [-0.3, -0.25) is 9.69 Å². The van der Waals surface area contributed by atoms with E-state index in [9.17, 15) is 22.4 Å². The molecule has 0 bridgehead atoms. The fourth-order valence-corrected chi connectivity index (χ4v) is 3.46. The summed E-state index contributed by atoms with van der Waals surface area (Å²) >= 11 is 5.95. The number of carbonyl (C=O) groups excluding carboxylic acids is 1. The molecule has 150 valence electrons. The van der Waals surface area contributed by atoms with Gasteiger partial charge in [0.15, 0.2) is 0 Å². The number of anilines is 1. The molecule has 1 amide bonds. The molecule has 0 spiro atoms. The van der Waals surface area contributed by atoms with Crippen LogP contribution in [0.3, 0.4) is 0 Å². The number of likely N-dealkylation sites (tertiary alicyclic amines) is 1. The van der Waals surface area contributed by atoms with Crippen LogP contribution in [-0.2, 0) is 17.5 Å². The van der Waals surface area contributed by atoms with Crippen molar-refractivity contribution in [2.45, 2.75) is 25.6 Å². The number of carbonyl (C=O) groups is 1. The lowest BCUT2D eigenvalue weighted by Crippen LogP contribution is -2.40. The van der Waals surface area contributed by atoms with Gasteiger partial charge in [-0.05, 0) is 55.3 Å². The van der Waals surface area contributed by atoms with Crippen molar-refractivity contribution in [1.29, 1.82) is 0 Å². The largest absolute Gasteiger partial charge is 0.416 e. The van der Waals surface area contributed by atoms with Crippen molar-refractivity contribution >= 4 is 23.2 Å². The van der Waals surface area contributed by atoms with Crippen LogP contribution in [0.1, 0.15) is 24.0 Å². The van der Waals surface area contributed by atoms with E-state index >= 15 is 0 Å². The van der Waals surface area contributed by atoms with Crippen molar-refractivity contribution in [2.24, 2.45) is 5.92 Å². The first kappa shape index (κ1) is 20.6. The van der Waals surface area contributed by atoms with Gasteiger partial charge in [-0.1, -0.05) is 23.7 Å². The topological polar surface area (TPSA) is 32.3 Å². The van der Waals surface area contributed by atoms with Crippen molar-refractivity contribution in [3.8, 4) is 0 Å². The third-order valence-corrected chi connectivity index (χ3v) is 5.08. The van der Waals surface area contributed by atoms with Crippen LogP contribution in [0.5, 0.6) is 0 Å². The minimum Gasteiger partial charge on any atom is -0.324 e. The molecule has 8 heteroatoms. The van der Waals surface area contributed by atoms with Crippen LogP contribution in [0.4, 0.5) is 23.2 Å². The second kappa shape index (κ2) is 8.49. The highest BCUT2D eigenvalue weighted by Crippen LogP contribution is 2.34. The van der Waals surface area contributed by atoms with Crippen molar-refractivity contribution in [3.05, 3.63) is 64.4 Å². The van der Waals surface area contributed by atoms with Gasteiger partial charge in [0.05, 0.1) is 22.2 Å². The first-order valence-electron chi connectivity index (χ1n) is 8.87. The van der Waals surface area contributed by atoms with Gasteiger partial charge < -0.3 is 5.32 Å². The van der Waals surface area contributed by atoms with E-state index in [1.165, 1.54) is 12.1 Å². The van der Waals surface area contributed by atoms with Gasteiger partial charge in [-0.15, -0.1) is 0 Å². The Hall–Kier alpha value is -2.12. The maximum atomic E-state index is 13.0. The fourth-order valence-electron chi connectivity index (χ4n) is 3.29. The van der Waals surface area contributed by atoms with Gasteiger partial charge in [-0.2, -0.15) is 13.2 Å². The Kier molecular flexibility index (Phi) is 6.25. The molecule has 1 unspecified atom stereocenters. The zero-order chi connectivity index (χ0) is 20.3. The number of benzene rings is 2. The lowest BCUT2D eigenvalue weighted by atomic mass is 9.96. The van der Waals surface area contributed by atoms with E-state index in [2.05, 4.69) is 10.2 Å². The zero-order valence-corrected chi connectivity index (χ0v) is 15.7. The first-order chi connectivity index (χ1) is 13.2. The summed E-state index contributed by atoms with van der Waals surface area (Å²) in [5, 5.41) is 2.59. The third-order valence-electron chi connectivity index (χ3n) is 4.75. The van der Waals surface area contributed by atoms with Crippen LogP contribution in [-0.4, -0.2) is 23.9 Å². The Morgan fingerprint density at radius 2 is 1.89 bits per heavy atom. The van der Waals surface area contributed by atoms with Gasteiger partial charge in [0.25, 0.3) is 0 Å². The number of nitrogens with one attached hydrogen (secondary N) is 1. The normalized spacial score (nSPS) is 18.1. The molecule has 0 aromatic heterocycles. The van der Waals surface area contributed by atoms with Crippen molar-refractivity contribution in [3.63, 3.8) is 0 Å². The molecule has 3 nitrogen and oxygen atoms in total. The maximum absolute atomic E-state index is 13.0. The zero-order valence-electron chi connectivity index (χ0n) is 14.9. The molecule has 1 heterocycles. The molecule has 1 saturated heterocycles. The Morgan fingerprint density at radius 1 is 1.18 bits per heavy atom. The van der Waals surface area contributed by atoms with Gasteiger partial charge in [-0.25, -0.2) is 4.39 Å². The summed E-state index contributed by atoms with van der Waals surface area (Å²) in [5.74, 6) is -1.03. The summed E-state index contributed by atoms with van der Waals surface area (Å²) in [6.45, 7) is 1.85. The van der Waals surface area contributed by atoms with E-state index in [0.717, 1.165) is 36.7 Å². The maximum Gasteiger partial charge on any atom is 0.416 e. The Labute approximate surface area is 165 Å². The first-order valence-corrected chi connectivity index (χ1v) is 9.24. The number of halogens is 5. The highest BCUT2D eigenvalue weighted by atomic mass is 35.5. The number of hydrogen-bond donors (Lipinski definition) is 1. The number of hydrogen-bond acceptors (Lipinski definition) is 2. The minimum atomic E-state index is -4.51. The lowest BCUT2D eigenvalue weighted by molar-refractivity contribution is -0.137. The van der Waals surface area contributed by atoms with E-state index in [-0.39, 0.29) is 28.4 Å². The number of rotatable bonds is 4. The van der Waals surface area contributed by atoms with E-state index < -0.39 is 11.7 Å². The van der Waals surface area contributed by atoms with Crippen molar-refractivity contribution < 1.29 is 22.4 Å². The van der Waals surface area contributed by atoms with E-state index in [1.54, 1.807) is 12.1 Å². The molecule has 1 aliphatic heterocycles. The quantitative estimate of drug-likeness (QED) is 0.684. The number of amides is 1. The molecule has 1 aliphatic rings. The third kappa shape index (κ3) is 5.23. The Morgan fingerprint density at radius 3 is 2.57 bits per heavy atom. The predicted molar refractivity (Wildman–Crippen MR) is 99.5 cm³/mol. The Bertz CT molecular complexity index is 839. The second-order valence-corrected chi connectivity index (χ2v) is 7.29. The highest BCUT2D eigenvalue weighted by Gasteiger charge is 2.32. The average Bonchev–Trinajstić information content (AvgIpc) is 2.64. The summed E-state index contributed by atoms with van der Waals surface area (Å²) in [5.41, 5.74) is 0.0225. The fraction of sp³-hybridized carbons (Fsp3) is 0.350. The molecular weight excluding hydrogens is 396 g/mol. The summed E-state index contributed by atoms with van der Waals surface area (Å²) < 4.78 is 51.7. The van der Waals surface area contributed by atoms with E-state index in [1.807, 2.05) is 0 Å². The average molecular weight is 415 g/mol. The molecule has 1 atom stereocenters. The molecule has 28 heavy (non-hydrogen) atoms. The van der Waals surface area contributed by atoms with Gasteiger partial charge >= 0.3 is 6.18 Å². The van der Waals surface area contributed by atoms with Gasteiger partial charge in [0.2, 0.25) is 5.91 Å². The molecule has 3 rings (SSSR count). The van der Waals surface area contributed by atoms with E-state index in [0.29, 0.717) is 19.5 Å². The Balaban J connectivity index is 1.65. The van der Waals surface area contributed by atoms with Crippen LogP contribution in [0.25, 0.3) is 0 Å². The summed E-state index contributed by atoms with van der Waals surface area (Å²) in [6, 6.07) is 9.02. The van der Waals surface area contributed by atoms with E-state index in [4.69, 9.17) is 11.6 Å². The molecular formula is C20H19ClF4N2O. The lowest BCUT2D eigenvalue weighted by Gasteiger charge is -2.32. The summed E-state index contributed by atoms with van der Waals surface area (Å²) in [4.78, 5) is 14.7. The van der Waals surface area contributed by atoms with Gasteiger partial charge in [0, 0.05) is 13.1 Å². The van der Waals surface area contributed by atoms with Crippen LogP contribution >= 0.6 is 11.6 Å². The molecule has 1 N–H and O–H groups in total. The molecule has 2 aromatic carbocycles. The molecule has 2 aromatic rings. The summed E-state index contributed by atoms with van der Waals surface area (Å²) in [7, 11) is 0. The minimum absolute atomic E-state index is 0.0443. The van der Waals surface area contributed by atoms with Gasteiger partial charge in [0.1, 0.15) is 5.82 Å². The monoisotopic (exact) mass is 414 g/mol. The van der Waals surface area contributed by atoms with Crippen molar-refractivity contribution in [2.75, 3.05) is 18.4 Å². The molecule has 0 aliphatic carbocycles. The number of nitrogens with zero attached hydrogens (tertiary/aromatic N) is 1. The predicted octanol–water partition coefficient (Wildman–Crippen LogP) is 5.35. The van der Waals surface area contributed by atoms with Crippen LogP contribution in [0.15, 0.2) is 42.5 Å². The molecule has 1 fully saturated rings. The number of piperidine rings is 1. The SMILES string of the molecule is O=C(Nc1cc(C(F)(F)F)ccc1Cl)C1CCCN(Cc2ccc(F)cc2)C1. The molecule has 0 radical (unpaired) electrons.